The van der Waals surface area contributed by atoms with E-state index in [1.54, 1.807) is 7.11 Å². The Balaban J connectivity index is 1.90. The van der Waals surface area contributed by atoms with Gasteiger partial charge in [0.25, 0.3) is 0 Å². The third-order valence-electron chi connectivity index (χ3n) is 4.27. The van der Waals surface area contributed by atoms with Crippen molar-refractivity contribution in [3.8, 4) is 5.75 Å². The van der Waals surface area contributed by atoms with Crippen molar-refractivity contribution in [3.05, 3.63) is 70.2 Å². The van der Waals surface area contributed by atoms with Crippen LogP contribution in [0.1, 0.15) is 30.0 Å². The first kappa shape index (κ1) is 19.0. The maximum absolute atomic E-state index is 12.6. The molecule has 0 aromatic heterocycles. The van der Waals surface area contributed by atoms with Gasteiger partial charge in [-0.15, -0.1) is 0 Å². The number of nitrogens with one attached hydrogen (secondary N) is 1. The molecule has 0 fully saturated rings. The predicted molar refractivity (Wildman–Crippen MR) is 102 cm³/mol. The Bertz CT molecular complexity index is 863. The number of hydrazine groups is 1. The van der Waals surface area contributed by atoms with E-state index < -0.39 is 5.97 Å². The molecule has 0 saturated heterocycles. The number of carboxylic acid groups (broad SMARTS) is 1. The molecule has 0 spiro atoms. The van der Waals surface area contributed by atoms with E-state index in [2.05, 4.69) is 21.4 Å². The first-order valence-electron chi connectivity index (χ1n) is 8.38. The SMILES string of the molecule is COc1ccc(C2C=C(c3ccc(Br)cc3)NN2C(=O)CCC(=O)[O-])cc1. The third-order valence-corrected chi connectivity index (χ3v) is 4.80. The number of carbonyl (C=O) groups excluding carboxylic acids is 2. The molecular weight excluding hydrogens is 412 g/mol. The van der Waals surface area contributed by atoms with Gasteiger partial charge in [-0.2, -0.15) is 0 Å². The first-order valence-corrected chi connectivity index (χ1v) is 9.17. The number of halogens is 1. The van der Waals surface area contributed by atoms with Gasteiger partial charge in [-0.05, 0) is 47.9 Å². The van der Waals surface area contributed by atoms with E-state index in [-0.39, 0.29) is 24.8 Å². The number of amides is 1. The van der Waals surface area contributed by atoms with E-state index in [4.69, 9.17) is 4.74 Å². The van der Waals surface area contributed by atoms with Crippen molar-refractivity contribution in [2.45, 2.75) is 18.9 Å². The molecule has 3 rings (SSSR count). The molecule has 0 bridgehead atoms. The lowest BCUT2D eigenvalue weighted by Gasteiger charge is -2.26. The fourth-order valence-corrected chi connectivity index (χ4v) is 3.12. The highest BCUT2D eigenvalue weighted by atomic mass is 79.9. The van der Waals surface area contributed by atoms with Crippen LogP contribution in [0.25, 0.3) is 5.70 Å². The van der Waals surface area contributed by atoms with Gasteiger partial charge < -0.3 is 14.6 Å². The number of hydrogen-bond acceptors (Lipinski definition) is 5. The summed E-state index contributed by atoms with van der Waals surface area (Å²) in [7, 11) is 1.59. The highest BCUT2D eigenvalue weighted by molar-refractivity contribution is 9.10. The highest BCUT2D eigenvalue weighted by Crippen LogP contribution is 2.33. The van der Waals surface area contributed by atoms with Gasteiger partial charge in [0.15, 0.2) is 0 Å². The van der Waals surface area contributed by atoms with Crippen LogP contribution in [0.4, 0.5) is 0 Å². The Morgan fingerprint density at radius 3 is 2.37 bits per heavy atom. The lowest BCUT2D eigenvalue weighted by molar-refractivity contribution is -0.305. The first-order chi connectivity index (χ1) is 13.0. The van der Waals surface area contributed by atoms with E-state index >= 15 is 0 Å². The zero-order chi connectivity index (χ0) is 19.4. The second kappa shape index (κ2) is 8.26. The van der Waals surface area contributed by atoms with Crippen LogP contribution in [0, 0.1) is 0 Å². The van der Waals surface area contributed by atoms with Crippen molar-refractivity contribution in [2.75, 3.05) is 7.11 Å². The maximum Gasteiger partial charge on any atom is 0.242 e. The lowest BCUT2D eigenvalue weighted by Crippen LogP contribution is -2.40. The minimum absolute atomic E-state index is 0.135. The fourth-order valence-electron chi connectivity index (χ4n) is 2.85. The molecule has 1 heterocycles. The molecular formula is C20H18BrN2O4-. The van der Waals surface area contributed by atoms with Crippen LogP contribution >= 0.6 is 15.9 Å². The number of carboxylic acids is 1. The summed E-state index contributed by atoms with van der Waals surface area (Å²) in [6.45, 7) is 0. The molecule has 1 unspecified atom stereocenters. The minimum Gasteiger partial charge on any atom is -0.550 e. The smallest absolute Gasteiger partial charge is 0.242 e. The lowest BCUT2D eigenvalue weighted by atomic mass is 10.0. The molecule has 1 atom stereocenters. The van der Waals surface area contributed by atoms with E-state index in [1.165, 1.54) is 5.01 Å². The topological polar surface area (TPSA) is 81.7 Å². The molecule has 1 aliphatic rings. The zero-order valence-corrected chi connectivity index (χ0v) is 16.2. The number of ether oxygens (including phenoxy) is 1. The monoisotopic (exact) mass is 429 g/mol. The molecule has 0 aliphatic carbocycles. The van der Waals surface area contributed by atoms with Gasteiger partial charge in [-0.25, -0.2) is 5.01 Å². The molecule has 1 aliphatic heterocycles. The van der Waals surface area contributed by atoms with Crippen LogP contribution in [0.3, 0.4) is 0 Å². The largest absolute Gasteiger partial charge is 0.550 e. The van der Waals surface area contributed by atoms with Crippen LogP contribution in [0.2, 0.25) is 0 Å². The summed E-state index contributed by atoms with van der Waals surface area (Å²) in [5, 5.41) is 12.2. The average Bonchev–Trinajstić information content (AvgIpc) is 3.12. The molecule has 27 heavy (non-hydrogen) atoms. The second-order valence-corrected chi connectivity index (χ2v) is 6.97. The number of methoxy groups -OCH3 is 1. The summed E-state index contributed by atoms with van der Waals surface area (Å²) in [5.74, 6) is -0.843. The molecule has 2 aromatic carbocycles. The summed E-state index contributed by atoms with van der Waals surface area (Å²) < 4.78 is 6.14. The van der Waals surface area contributed by atoms with Crippen LogP contribution in [0.5, 0.6) is 5.75 Å². The average molecular weight is 430 g/mol. The molecule has 140 valence electrons. The summed E-state index contributed by atoms with van der Waals surface area (Å²) >= 11 is 3.41. The van der Waals surface area contributed by atoms with Gasteiger partial charge in [0, 0.05) is 16.9 Å². The minimum atomic E-state index is -1.25. The van der Waals surface area contributed by atoms with Gasteiger partial charge in [-0.3, -0.25) is 10.2 Å². The zero-order valence-electron chi connectivity index (χ0n) is 14.6. The summed E-state index contributed by atoms with van der Waals surface area (Å²) in [4.78, 5) is 23.3. The summed E-state index contributed by atoms with van der Waals surface area (Å²) in [6.07, 6.45) is 1.49. The molecule has 0 radical (unpaired) electrons. The number of hydrogen-bond donors (Lipinski definition) is 1. The third kappa shape index (κ3) is 4.49. The number of aliphatic carboxylic acids is 1. The van der Waals surface area contributed by atoms with Crippen LogP contribution in [-0.4, -0.2) is 24.0 Å². The van der Waals surface area contributed by atoms with Crippen LogP contribution < -0.4 is 15.3 Å². The number of carbonyl (C=O) groups is 2. The quantitative estimate of drug-likeness (QED) is 0.762. The van der Waals surface area contributed by atoms with Crippen molar-refractivity contribution in [2.24, 2.45) is 0 Å². The van der Waals surface area contributed by atoms with E-state index in [9.17, 15) is 14.7 Å². The van der Waals surface area contributed by atoms with Crippen molar-refractivity contribution in [1.82, 2.24) is 10.4 Å². The van der Waals surface area contributed by atoms with Gasteiger partial charge in [0.05, 0.1) is 18.8 Å². The van der Waals surface area contributed by atoms with Crippen LogP contribution in [0.15, 0.2) is 59.1 Å². The van der Waals surface area contributed by atoms with Gasteiger partial charge in [-0.1, -0.05) is 40.2 Å². The molecule has 0 saturated carbocycles. The number of benzene rings is 2. The van der Waals surface area contributed by atoms with E-state index in [0.717, 1.165) is 27.0 Å². The predicted octanol–water partition coefficient (Wildman–Crippen LogP) is 2.42. The van der Waals surface area contributed by atoms with Gasteiger partial charge >= 0.3 is 0 Å². The Morgan fingerprint density at radius 2 is 1.78 bits per heavy atom. The molecule has 2 aromatic rings. The molecule has 1 amide bonds. The van der Waals surface area contributed by atoms with E-state index in [1.807, 2.05) is 54.6 Å². The Hall–Kier alpha value is -2.80. The van der Waals surface area contributed by atoms with Crippen molar-refractivity contribution >= 4 is 33.5 Å². The Kier molecular flexibility index (Phi) is 5.81. The van der Waals surface area contributed by atoms with Gasteiger partial charge in [0.2, 0.25) is 5.91 Å². The molecule has 1 N–H and O–H groups in total. The van der Waals surface area contributed by atoms with Crippen molar-refractivity contribution in [1.29, 1.82) is 0 Å². The summed E-state index contributed by atoms with van der Waals surface area (Å²) in [5.41, 5.74) is 5.70. The Morgan fingerprint density at radius 1 is 1.11 bits per heavy atom. The number of rotatable bonds is 6. The van der Waals surface area contributed by atoms with Crippen molar-refractivity contribution in [3.63, 3.8) is 0 Å². The maximum atomic E-state index is 12.6. The second-order valence-electron chi connectivity index (χ2n) is 6.05. The molecule has 7 heteroatoms. The normalized spacial score (nSPS) is 15.9. The van der Waals surface area contributed by atoms with Crippen LogP contribution in [-0.2, 0) is 9.59 Å². The number of nitrogens with zero attached hydrogens (tertiary/aromatic N) is 1. The molecule has 6 nitrogen and oxygen atoms in total. The van der Waals surface area contributed by atoms with E-state index in [0.29, 0.717) is 0 Å². The fraction of sp³-hybridized carbons (Fsp3) is 0.200. The van der Waals surface area contributed by atoms with Crippen molar-refractivity contribution < 1.29 is 19.4 Å². The van der Waals surface area contributed by atoms with Gasteiger partial charge in [0.1, 0.15) is 5.75 Å². The highest BCUT2D eigenvalue weighted by Gasteiger charge is 2.30. The summed E-state index contributed by atoms with van der Waals surface area (Å²) in [6, 6.07) is 14.8. The standard InChI is InChI=1S/C20H19BrN2O4/c1-27-16-8-4-14(5-9-16)18-12-17(13-2-6-15(21)7-3-13)22-23(18)19(24)10-11-20(25)26/h2-9,12,18,22H,10-11H2,1H3,(H,25,26)/p-1. The Labute approximate surface area is 165 Å².